The van der Waals surface area contributed by atoms with Crippen LogP contribution in [0.3, 0.4) is 0 Å². The number of carbonyl (C=O) groups is 3. The summed E-state index contributed by atoms with van der Waals surface area (Å²) in [5.41, 5.74) is 2.94. The molecule has 6 heteroatoms. The van der Waals surface area contributed by atoms with Crippen molar-refractivity contribution < 1.29 is 19.1 Å². The van der Waals surface area contributed by atoms with E-state index in [4.69, 9.17) is 0 Å². The summed E-state index contributed by atoms with van der Waals surface area (Å²) in [6.07, 6.45) is 0.238. The second kappa shape index (κ2) is 8.55. The predicted molar refractivity (Wildman–Crippen MR) is 104 cm³/mol. The summed E-state index contributed by atoms with van der Waals surface area (Å²) in [7, 11) is 1.31. The lowest BCUT2D eigenvalue weighted by Crippen LogP contribution is -2.50. The molecular weight excluding hydrogens is 344 g/mol. The molecule has 2 rings (SSSR count). The van der Waals surface area contributed by atoms with Gasteiger partial charge in [-0.2, -0.15) is 0 Å². The van der Waals surface area contributed by atoms with Gasteiger partial charge in [-0.25, -0.2) is 0 Å². The number of aryl methyl sites for hydroxylation is 1. The molecule has 0 radical (unpaired) electrons. The maximum Gasteiger partial charge on any atom is 0.306 e. The zero-order chi connectivity index (χ0) is 20.2. The van der Waals surface area contributed by atoms with Gasteiger partial charge in [0.25, 0.3) is 5.91 Å². The Morgan fingerprint density at radius 3 is 2.11 bits per heavy atom. The number of carbonyl (C=O) groups excluding carboxylic acids is 3. The Labute approximate surface area is 161 Å². The molecule has 27 heavy (non-hydrogen) atoms. The van der Waals surface area contributed by atoms with Gasteiger partial charge >= 0.3 is 5.97 Å². The molecule has 1 aromatic rings. The van der Waals surface area contributed by atoms with Crippen molar-refractivity contribution in [2.45, 2.75) is 46.0 Å². The molecule has 0 bridgehead atoms. The second-order valence-electron chi connectivity index (χ2n) is 8.03. The average Bonchev–Trinajstić information content (AvgIpc) is 2.64. The third kappa shape index (κ3) is 5.31. The minimum atomic E-state index is -0.383. The Kier molecular flexibility index (Phi) is 6.63. The van der Waals surface area contributed by atoms with Crippen LogP contribution in [0.5, 0.6) is 0 Å². The summed E-state index contributed by atoms with van der Waals surface area (Å²) in [4.78, 5) is 39.7. The molecule has 1 aliphatic heterocycles. The first-order valence-corrected chi connectivity index (χ1v) is 9.38. The third-order valence-corrected chi connectivity index (χ3v) is 5.01. The number of methoxy groups -OCH3 is 1. The fourth-order valence-electron chi connectivity index (χ4n) is 3.17. The van der Waals surface area contributed by atoms with Crippen molar-refractivity contribution in [1.29, 1.82) is 0 Å². The fourth-order valence-corrected chi connectivity index (χ4v) is 3.17. The van der Waals surface area contributed by atoms with E-state index in [1.54, 1.807) is 9.80 Å². The van der Waals surface area contributed by atoms with Gasteiger partial charge in [-0.3, -0.25) is 14.4 Å². The van der Waals surface area contributed by atoms with E-state index in [2.05, 4.69) is 31.6 Å². The zero-order valence-corrected chi connectivity index (χ0v) is 17.0. The Morgan fingerprint density at radius 2 is 1.59 bits per heavy atom. The number of benzene rings is 1. The van der Waals surface area contributed by atoms with E-state index in [1.807, 2.05) is 19.1 Å². The summed E-state index contributed by atoms with van der Waals surface area (Å²) < 4.78 is 4.56. The van der Waals surface area contributed by atoms with Crippen LogP contribution in [0.1, 0.15) is 55.1 Å². The lowest BCUT2D eigenvalue weighted by Gasteiger charge is -2.35. The van der Waals surface area contributed by atoms with E-state index in [9.17, 15) is 14.4 Å². The van der Waals surface area contributed by atoms with Gasteiger partial charge in [0.05, 0.1) is 13.5 Å². The number of hydrogen-bond donors (Lipinski definition) is 0. The molecular formula is C21H30N2O4. The van der Waals surface area contributed by atoms with Gasteiger partial charge in [-0.15, -0.1) is 0 Å². The first kappa shape index (κ1) is 20.9. The average molecular weight is 374 g/mol. The first-order valence-electron chi connectivity index (χ1n) is 9.38. The maximum atomic E-state index is 12.9. The minimum Gasteiger partial charge on any atom is -0.469 e. The monoisotopic (exact) mass is 374 g/mol. The summed E-state index contributed by atoms with van der Waals surface area (Å²) in [5.74, 6) is -0.445. The molecule has 6 nitrogen and oxygen atoms in total. The predicted octanol–water partition coefficient (Wildman–Crippen LogP) is 2.53. The normalized spacial score (nSPS) is 14.9. The SMILES string of the molecule is COC(=O)CCC(=O)N1CCN(C(=O)c2ccc(C(C)(C)C)cc2C)CC1. The van der Waals surface area contributed by atoms with E-state index >= 15 is 0 Å². The van der Waals surface area contributed by atoms with Gasteiger partial charge in [0, 0.05) is 38.2 Å². The van der Waals surface area contributed by atoms with Gasteiger partial charge in [0.15, 0.2) is 0 Å². The highest BCUT2D eigenvalue weighted by Crippen LogP contribution is 2.25. The van der Waals surface area contributed by atoms with Gasteiger partial charge in [0.1, 0.15) is 0 Å². The topological polar surface area (TPSA) is 66.9 Å². The van der Waals surface area contributed by atoms with Gasteiger partial charge in [-0.1, -0.05) is 32.9 Å². The molecule has 148 valence electrons. The minimum absolute atomic E-state index is 0.00891. The quantitative estimate of drug-likeness (QED) is 0.760. The summed E-state index contributed by atoms with van der Waals surface area (Å²) in [5, 5.41) is 0. The van der Waals surface area contributed by atoms with Crippen LogP contribution >= 0.6 is 0 Å². The van der Waals surface area contributed by atoms with Crippen LogP contribution in [-0.2, 0) is 19.7 Å². The number of esters is 1. The number of piperazine rings is 1. The van der Waals surface area contributed by atoms with Crippen molar-refractivity contribution in [3.63, 3.8) is 0 Å². The van der Waals surface area contributed by atoms with Gasteiger partial charge < -0.3 is 14.5 Å². The first-order chi connectivity index (χ1) is 12.6. The van der Waals surface area contributed by atoms with Crippen LogP contribution in [0.25, 0.3) is 0 Å². The lowest BCUT2D eigenvalue weighted by atomic mass is 9.85. The molecule has 2 amide bonds. The number of hydrogen-bond acceptors (Lipinski definition) is 4. The number of amides is 2. The molecule has 0 atom stereocenters. The highest BCUT2D eigenvalue weighted by atomic mass is 16.5. The molecule has 1 heterocycles. The van der Waals surface area contributed by atoms with Crippen molar-refractivity contribution in [2.24, 2.45) is 0 Å². The highest BCUT2D eigenvalue weighted by Gasteiger charge is 2.26. The van der Waals surface area contributed by atoms with E-state index in [-0.39, 0.29) is 36.0 Å². The Bertz CT molecular complexity index is 713. The van der Waals surface area contributed by atoms with Crippen LogP contribution in [-0.4, -0.2) is 60.9 Å². The number of ether oxygens (including phenoxy) is 1. The number of rotatable bonds is 4. The summed E-state index contributed by atoms with van der Waals surface area (Å²) >= 11 is 0. The third-order valence-electron chi connectivity index (χ3n) is 5.01. The molecule has 0 unspecified atom stereocenters. The molecule has 0 spiro atoms. The van der Waals surface area contributed by atoms with Crippen molar-refractivity contribution in [2.75, 3.05) is 33.3 Å². The summed E-state index contributed by atoms with van der Waals surface area (Å²) in [6, 6.07) is 6.01. The van der Waals surface area contributed by atoms with Crippen LogP contribution in [0.2, 0.25) is 0 Å². The second-order valence-corrected chi connectivity index (χ2v) is 8.03. The molecule has 1 saturated heterocycles. The van der Waals surface area contributed by atoms with Crippen molar-refractivity contribution >= 4 is 17.8 Å². The van der Waals surface area contributed by atoms with E-state index < -0.39 is 0 Å². The van der Waals surface area contributed by atoms with Crippen LogP contribution in [0.15, 0.2) is 18.2 Å². The highest BCUT2D eigenvalue weighted by molar-refractivity contribution is 5.96. The Balaban J connectivity index is 1.95. The number of nitrogens with zero attached hydrogens (tertiary/aromatic N) is 2. The molecule has 0 saturated carbocycles. The van der Waals surface area contributed by atoms with Crippen molar-refractivity contribution in [1.82, 2.24) is 9.80 Å². The standard InChI is InChI=1S/C21H30N2O4/c1-15-14-16(21(2,3)4)6-7-17(15)20(26)23-12-10-22(11-13-23)18(24)8-9-19(25)27-5/h6-7,14H,8-13H2,1-5H3. The van der Waals surface area contributed by atoms with Gasteiger partial charge in [-0.05, 0) is 29.5 Å². The van der Waals surface area contributed by atoms with Crippen molar-refractivity contribution in [3.8, 4) is 0 Å². The molecule has 0 aliphatic carbocycles. The molecule has 0 aromatic heterocycles. The van der Waals surface area contributed by atoms with Gasteiger partial charge in [0.2, 0.25) is 5.91 Å². The summed E-state index contributed by atoms with van der Waals surface area (Å²) in [6.45, 7) is 10.4. The van der Waals surface area contributed by atoms with Crippen LogP contribution in [0.4, 0.5) is 0 Å². The smallest absolute Gasteiger partial charge is 0.306 e. The molecule has 0 N–H and O–H groups in total. The van der Waals surface area contributed by atoms with E-state index in [1.165, 1.54) is 12.7 Å². The Morgan fingerprint density at radius 1 is 1.00 bits per heavy atom. The molecule has 1 aliphatic rings. The van der Waals surface area contributed by atoms with Crippen LogP contribution < -0.4 is 0 Å². The van der Waals surface area contributed by atoms with Crippen LogP contribution in [0, 0.1) is 6.92 Å². The fraction of sp³-hybridized carbons (Fsp3) is 0.571. The molecule has 1 aromatic carbocycles. The van der Waals surface area contributed by atoms with Crippen molar-refractivity contribution in [3.05, 3.63) is 34.9 Å². The van der Waals surface area contributed by atoms with E-state index in [0.717, 1.165) is 5.56 Å². The van der Waals surface area contributed by atoms with E-state index in [0.29, 0.717) is 31.7 Å². The molecule has 1 fully saturated rings. The Hall–Kier alpha value is -2.37. The zero-order valence-electron chi connectivity index (χ0n) is 17.0. The maximum absolute atomic E-state index is 12.9. The largest absolute Gasteiger partial charge is 0.469 e. The lowest BCUT2D eigenvalue weighted by molar-refractivity contribution is -0.143.